The Labute approximate surface area is 152 Å². The summed E-state index contributed by atoms with van der Waals surface area (Å²) in [7, 11) is 0. The van der Waals surface area contributed by atoms with Gasteiger partial charge >= 0.3 is 0 Å². The molecule has 0 spiro atoms. The Balaban J connectivity index is 2.16. The Hall–Kier alpha value is -2.53. The molecule has 2 rings (SSSR count). The van der Waals surface area contributed by atoms with Crippen molar-refractivity contribution in [1.29, 1.82) is 0 Å². The lowest BCUT2D eigenvalue weighted by Crippen LogP contribution is -2.36. The smallest absolute Gasteiger partial charge is 0.244 e. The molecule has 0 atom stereocenters. The summed E-state index contributed by atoms with van der Waals surface area (Å²) in [5.74, 6) is 0.0262. The van der Waals surface area contributed by atoms with Crippen LogP contribution in [0.1, 0.15) is 19.4 Å². The van der Waals surface area contributed by atoms with Gasteiger partial charge in [0.1, 0.15) is 12.3 Å². The average Bonchev–Trinajstić information content (AvgIpc) is 2.57. The number of hydrogen-bond donors (Lipinski definition) is 1. The highest BCUT2D eigenvalue weighted by Gasteiger charge is 2.17. The highest BCUT2D eigenvalue weighted by molar-refractivity contribution is 6.31. The van der Waals surface area contributed by atoms with E-state index in [2.05, 4.69) is 5.32 Å². The van der Waals surface area contributed by atoms with E-state index in [0.717, 1.165) is 5.56 Å². The van der Waals surface area contributed by atoms with Crippen molar-refractivity contribution in [3.05, 3.63) is 53.1 Å². The van der Waals surface area contributed by atoms with Crippen LogP contribution in [0.2, 0.25) is 5.02 Å². The van der Waals surface area contributed by atoms with E-state index in [-0.39, 0.29) is 18.4 Å². The van der Waals surface area contributed by atoms with Gasteiger partial charge in [0.05, 0.1) is 12.3 Å². The van der Waals surface area contributed by atoms with Crippen LogP contribution in [0.5, 0.6) is 5.75 Å². The second-order valence-electron chi connectivity index (χ2n) is 5.52. The lowest BCUT2D eigenvalue weighted by atomic mass is 10.2. The quantitative estimate of drug-likeness (QED) is 0.845. The lowest BCUT2D eigenvalue weighted by Gasteiger charge is -2.21. The molecule has 2 aromatic carbocycles. The number of amides is 2. The van der Waals surface area contributed by atoms with Crippen LogP contribution in [-0.2, 0) is 9.59 Å². The average molecular weight is 361 g/mol. The fraction of sp³-hybridized carbons (Fsp3) is 0.263. The molecular weight excluding hydrogens is 340 g/mol. The van der Waals surface area contributed by atoms with Crippen LogP contribution < -0.4 is 15.0 Å². The Bertz CT molecular complexity index is 777. The number of ether oxygens (including phenoxy) is 1. The van der Waals surface area contributed by atoms with Crippen molar-refractivity contribution in [3.8, 4) is 5.75 Å². The van der Waals surface area contributed by atoms with Crippen molar-refractivity contribution >= 4 is 34.8 Å². The predicted octanol–water partition coefficient (Wildman–Crippen LogP) is 4.04. The summed E-state index contributed by atoms with van der Waals surface area (Å²) in [5.41, 5.74) is 2.06. The van der Waals surface area contributed by atoms with E-state index in [1.807, 2.05) is 26.0 Å². The molecule has 25 heavy (non-hydrogen) atoms. The molecule has 0 saturated carbocycles. The standard InChI is InChI=1S/C19H21ClN2O3/c1-4-25-18-8-6-5-7-17(18)21-19(24)12-22(14(3)23)15-10-9-13(2)16(20)11-15/h5-11H,4,12H2,1-3H3,(H,21,24). The maximum atomic E-state index is 12.4. The summed E-state index contributed by atoms with van der Waals surface area (Å²) in [6.45, 7) is 5.54. The van der Waals surface area contributed by atoms with Crippen molar-refractivity contribution in [1.82, 2.24) is 0 Å². The van der Waals surface area contributed by atoms with Gasteiger partial charge in [0, 0.05) is 17.6 Å². The van der Waals surface area contributed by atoms with Crippen molar-refractivity contribution in [3.63, 3.8) is 0 Å². The zero-order valence-electron chi connectivity index (χ0n) is 14.5. The maximum absolute atomic E-state index is 12.4. The van der Waals surface area contributed by atoms with Crippen LogP contribution in [0.15, 0.2) is 42.5 Å². The zero-order chi connectivity index (χ0) is 18.4. The van der Waals surface area contributed by atoms with Gasteiger partial charge in [-0.1, -0.05) is 29.8 Å². The minimum Gasteiger partial charge on any atom is -0.492 e. The third-order valence-electron chi connectivity index (χ3n) is 3.61. The molecule has 0 aliphatic carbocycles. The van der Waals surface area contributed by atoms with Crippen LogP contribution in [-0.4, -0.2) is 25.0 Å². The number of carbonyl (C=O) groups is 2. The number of rotatable bonds is 6. The van der Waals surface area contributed by atoms with Gasteiger partial charge in [-0.05, 0) is 43.7 Å². The zero-order valence-corrected chi connectivity index (χ0v) is 15.3. The minimum absolute atomic E-state index is 0.116. The molecule has 0 aromatic heterocycles. The van der Waals surface area contributed by atoms with Crippen LogP contribution in [0.25, 0.3) is 0 Å². The Morgan fingerprint density at radius 1 is 1.20 bits per heavy atom. The Morgan fingerprint density at radius 3 is 2.56 bits per heavy atom. The van der Waals surface area contributed by atoms with E-state index in [0.29, 0.717) is 28.8 Å². The fourth-order valence-electron chi connectivity index (χ4n) is 2.32. The largest absolute Gasteiger partial charge is 0.492 e. The first kappa shape index (κ1) is 18.8. The summed E-state index contributed by atoms with van der Waals surface area (Å²) < 4.78 is 5.49. The number of halogens is 1. The van der Waals surface area contributed by atoms with E-state index in [9.17, 15) is 9.59 Å². The molecule has 0 unspecified atom stereocenters. The van der Waals surface area contributed by atoms with E-state index >= 15 is 0 Å². The van der Waals surface area contributed by atoms with E-state index in [1.165, 1.54) is 11.8 Å². The van der Waals surface area contributed by atoms with Crippen molar-refractivity contribution in [2.24, 2.45) is 0 Å². The number of nitrogens with zero attached hydrogens (tertiary/aromatic N) is 1. The van der Waals surface area contributed by atoms with Gasteiger partial charge in [0.15, 0.2) is 0 Å². The Morgan fingerprint density at radius 2 is 1.92 bits per heavy atom. The molecule has 0 heterocycles. The summed E-state index contributed by atoms with van der Waals surface area (Å²) in [6.07, 6.45) is 0. The van der Waals surface area contributed by atoms with Gasteiger partial charge < -0.3 is 15.0 Å². The molecule has 0 saturated heterocycles. The van der Waals surface area contributed by atoms with Crippen LogP contribution in [0.3, 0.4) is 0 Å². The first-order valence-corrected chi connectivity index (χ1v) is 8.36. The number of hydrogen-bond acceptors (Lipinski definition) is 3. The summed E-state index contributed by atoms with van der Waals surface area (Å²) >= 11 is 6.13. The predicted molar refractivity (Wildman–Crippen MR) is 100 cm³/mol. The first-order valence-electron chi connectivity index (χ1n) is 7.98. The molecule has 2 aromatic rings. The van der Waals surface area contributed by atoms with Crippen molar-refractivity contribution in [2.75, 3.05) is 23.4 Å². The van der Waals surface area contributed by atoms with E-state index in [4.69, 9.17) is 16.3 Å². The lowest BCUT2D eigenvalue weighted by molar-refractivity contribution is -0.120. The van der Waals surface area contributed by atoms with Gasteiger partial charge in [-0.25, -0.2) is 0 Å². The third-order valence-corrected chi connectivity index (χ3v) is 4.02. The molecule has 0 radical (unpaired) electrons. The highest BCUT2D eigenvalue weighted by atomic mass is 35.5. The molecule has 0 bridgehead atoms. The Kier molecular flexibility index (Phi) is 6.42. The van der Waals surface area contributed by atoms with Crippen molar-refractivity contribution < 1.29 is 14.3 Å². The van der Waals surface area contributed by atoms with E-state index < -0.39 is 0 Å². The van der Waals surface area contributed by atoms with Crippen LogP contribution in [0, 0.1) is 6.92 Å². The van der Waals surface area contributed by atoms with Gasteiger partial charge in [-0.15, -0.1) is 0 Å². The molecule has 6 heteroatoms. The summed E-state index contributed by atoms with van der Waals surface area (Å²) in [4.78, 5) is 25.8. The molecular formula is C19H21ClN2O3. The number of carbonyl (C=O) groups excluding carboxylic acids is 2. The molecule has 0 fully saturated rings. The van der Waals surface area contributed by atoms with Gasteiger partial charge in [-0.2, -0.15) is 0 Å². The van der Waals surface area contributed by atoms with Crippen LogP contribution >= 0.6 is 11.6 Å². The molecule has 132 valence electrons. The van der Waals surface area contributed by atoms with Crippen molar-refractivity contribution in [2.45, 2.75) is 20.8 Å². The molecule has 1 N–H and O–H groups in total. The second-order valence-corrected chi connectivity index (χ2v) is 5.92. The van der Waals surface area contributed by atoms with Crippen LogP contribution in [0.4, 0.5) is 11.4 Å². The van der Waals surface area contributed by atoms with Gasteiger partial charge in [0.2, 0.25) is 11.8 Å². The number of nitrogens with one attached hydrogen (secondary N) is 1. The van der Waals surface area contributed by atoms with Gasteiger partial charge in [0.25, 0.3) is 0 Å². The molecule has 0 aliphatic heterocycles. The number of aryl methyl sites for hydroxylation is 1. The molecule has 5 nitrogen and oxygen atoms in total. The van der Waals surface area contributed by atoms with Gasteiger partial charge in [-0.3, -0.25) is 9.59 Å². The monoisotopic (exact) mass is 360 g/mol. The normalized spacial score (nSPS) is 10.2. The molecule has 2 amide bonds. The number of anilines is 2. The maximum Gasteiger partial charge on any atom is 0.244 e. The minimum atomic E-state index is -0.320. The fourth-order valence-corrected chi connectivity index (χ4v) is 2.49. The topological polar surface area (TPSA) is 58.6 Å². The summed E-state index contributed by atoms with van der Waals surface area (Å²) in [6, 6.07) is 12.4. The number of para-hydroxylation sites is 2. The SMILES string of the molecule is CCOc1ccccc1NC(=O)CN(C(C)=O)c1ccc(C)c(Cl)c1. The van der Waals surface area contributed by atoms with E-state index in [1.54, 1.807) is 30.3 Å². The molecule has 0 aliphatic rings. The highest BCUT2D eigenvalue weighted by Crippen LogP contribution is 2.25. The second kappa shape index (κ2) is 8.53. The summed E-state index contributed by atoms with van der Waals surface area (Å²) in [5, 5.41) is 3.33. The number of benzene rings is 2. The first-order chi connectivity index (χ1) is 11.9. The third kappa shape index (κ3) is 4.97.